The summed E-state index contributed by atoms with van der Waals surface area (Å²) >= 11 is 0. The zero-order valence-electron chi connectivity index (χ0n) is 23.0. The first-order valence-corrected chi connectivity index (χ1v) is 13.4. The third-order valence-electron chi connectivity index (χ3n) is 8.98. The summed E-state index contributed by atoms with van der Waals surface area (Å²) in [6.07, 6.45) is 8.27. The van der Waals surface area contributed by atoms with Crippen LogP contribution in [0.1, 0.15) is 48.7 Å². The van der Waals surface area contributed by atoms with Gasteiger partial charge in [-0.05, 0) is 75.2 Å². The van der Waals surface area contributed by atoms with Crippen LogP contribution in [-0.2, 0) is 33.4 Å². The summed E-state index contributed by atoms with van der Waals surface area (Å²) in [5.41, 5.74) is 1.62. The lowest BCUT2D eigenvalue weighted by molar-refractivity contribution is -0.159. The number of hydrogen-bond donors (Lipinski definition) is 1. The Hall–Kier alpha value is -3.98. The fourth-order valence-electron chi connectivity index (χ4n) is 6.38. The Labute approximate surface area is 231 Å². The van der Waals surface area contributed by atoms with Crippen molar-refractivity contribution < 1.29 is 18.4 Å². The average Bonchev–Trinajstić information content (AvgIpc) is 3.41. The normalized spacial score (nSPS) is 25.5. The van der Waals surface area contributed by atoms with E-state index in [9.17, 15) is 18.4 Å². The van der Waals surface area contributed by atoms with Crippen molar-refractivity contribution in [2.24, 2.45) is 0 Å². The van der Waals surface area contributed by atoms with Gasteiger partial charge in [-0.15, -0.1) is 0 Å². The summed E-state index contributed by atoms with van der Waals surface area (Å²) < 4.78 is 28.4. The van der Waals surface area contributed by atoms with Crippen molar-refractivity contribution in [3.8, 4) is 0 Å². The maximum Gasteiger partial charge on any atom is 0.243 e. The van der Waals surface area contributed by atoms with Gasteiger partial charge in [0.2, 0.25) is 11.8 Å². The van der Waals surface area contributed by atoms with Crippen LogP contribution in [0.3, 0.4) is 0 Å². The summed E-state index contributed by atoms with van der Waals surface area (Å²) in [6.45, 7) is 6.20. The number of anilines is 1. The Kier molecular flexibility index (Phi) is 5.92. The summed E-state index contributed by atoms with van der Waals surface area (Å²) in [4.78, 5) is 39.3. The summed E-state index contributed by atoms with van der Waals surface area (Å²) in [7, 11) is 1.85. The molecule has 206 valence electrons. The molecule has 1 saturated heterocycles. The molecule has 40 heavy (non-hydrogen) atoms. The number of likely N-dealkylation sites (N-methyl/N-ethyl adjacent to an activating group) is 1. The molecule has 2 aliphatic heterocycles. The zero-order valence-corrected chi connectivity index (χ0v) is 23.0. The van der Waals surface area contributed by atoms with Gasteiger partial charge in [0.1, 0.15) is 17.5 Å². The molecule has 2 amide bonds. The Bertz CT molecular complexity index is 1570. The van der Waals surface area contributed by atoms with Gasteiger partial charge < -0.3 is 10.2 Å². The van der Waals surface area contributed by atoms with Crippen molar-refractivity contribution in [1.29, 1.82) is 0 Å². The number of nitrogens with one attached hydrogen (secondary N) is 1. The molecule has 2 aromatic heterocycles. The highest BCUT2D eigenvalue weighted by molar-refractivity contribution is 6.06. The van der Waals surface area contributed by atoms with Crippen LogP contribution in [0.15, 0.2) is 54.9 Å². The monoisotopic (exact) mass is 542 g/mol. The molecule has 1 aliphatic carbocycles. The van der Waals surface area contributed by atoms with Gasteiger partial charge in [0.15, 0.2) is 0 Å². The summed E-state index contributed by atoms with van der Waals surface area (Å²) in [5.74, 6) is -0.931. The van der Waals surface area contributed by atoms with Gasteiger partial charge in [-0.1, -0.05) is 18.2 Å². The number of carbonyl (C=O) groups excluding carboxylic acids is 2. The third kappa shape index (κ3) is 3.94. The quantitative estimate of drug-likeness (QED) is 0.534. The lowest BCUT2D eigenvalue weighted by Gasteiger charge is -2.54. The highest BCUT2D eigenvalue weighted by Gasteiger charge is 2.52. The van der Waals surface area contributed by atoms with Gasteiger partial charge in [-0.25, -0.2) is 13.8 Å². The van der Waals surface area contributed by atoms with Crippen LogP contribution >= 0.6 is 0 Å². The topological polar surface area (TPSA) is 78.4 Å². The fourth-order valence-corrected chi connectivity index (χ4v) is 6.38. The first kappa shape index (κ1) is 26.3. The number of benzene rings is 1. The lowest BCUT2D eigenvalue weighted by atomic mass is 9.80. The third-order valence-corrected chi connectivity index (χ3v) is 8.98. The number of halogens is 2. The number of piperazine rings is 1. The van der Waals surface area contributed by atoms with E-state index in [1.807, 2.05) is 63.1 Å². The van der Waals surface area contributed by atoms with Crippen molar-refractivity contribution in [3.63, 3.8) is 0 Å². The first-order chi connectivity index (χ1) is 18.9. The number of nitrogens with zero attached hydrogens (tertiary/aromatic N) is 4. The molecular formula is C31H31F2N5O2. The molecule has 0 saturated carbocycles. The van der Waals surface area contributed by atoms with Crippen molar-refractivity contribution in [2.75, 3.05) is 25.5 Å². The van der Waals surface area contributed by atoms with Crippen LogP contribution in [0.5, 0.6) is 0 Å². The second-order valence-electron chi connectivity index (χ2n) is 11.8. The molecular weight excluding hydrogens is 511 g/mol. The Morgan fingerprint density at radius 2 is 1.80 bits per heavy atom. The molecule has 9 heteroatoms. The van der Waals surface area contributed by atoms with Crippen LogP contribution in [0.4, 0.5) is 14.6 Å². The number of carbonyl (C=O) groups is 2. The summed E-state index contributed by atoms with van der Waals surface area (Å²) in [6, 6.07) is 9.26. The molecule has 0 unspecified atom stereocenters. The number of pyridine rings is 2. The lowest BCUT2D eigenvalue weighted by Crippen LogP contribution is -2.69. The maximum absolute atomic E-state index is 14.2. The number of hydrogen-bond acceptors (Lipinski definition) is 5. The van der Waals surface area contributed by atoms with Gasteiger partial charge in [0.05, 0.1) is 16.5 Å². The number of aromatic nitrogens is 2. The fraction of sp³-hybridized carbons (Fsp3) is 0.355. The van der Waals surface area contributed by atoms with Crippen LogP contribution in [0, 0.1) is 11.6 Å². The van der Waals surface area contributed by atoms with Crippen molar-refractivity contribution >= 4 is 23.7 Å². The predicted octanol–water partition coefficient (Wildman–Crippen LogP) is 4.22. The van der Waals surface area contributed by atoms with E-state index in [-0.39, 0.29) is 18.4 Å². The molecule has 1 fully saturated rings. The highest BCUT2D eigenvalue weighted by Crippen LogP contribution is 2.46. The second-order valence-corrected chi connectivity index (χ2v) is 11.8. The molecule has 3 aromatic rings. The van der Waals surface area contributed by atoms with E-state index in [0.29, 0.717) is 30.8 Å². The minimum atomic E-state index is -0.950. The Balaban J connectivity index is 1.27. The van der Waals surface area contributed by atoms with E-state index in [4.69, 9.17) is 0 Å². The van der Waals surface area contributed by atoms with Crippen molar-refractivity contribution in [1.82, 2.24) is 19.8 Å². The zero-order chi connectivity index (χ0) is 28.4. The number of amides is 2. The highest BCUT2D eigenvalue weighted by atomic mass is 19.1. The minimum absolute atomic E-state index is 0.0550. The minimum Gasteiger partial charge on any atom is -0.327 e. The maximum atomic E-state index is 14.2. The molecule has 4 heterocycles. The summed E-state index contributed by atoms with van der Waals surface area (Å²) in [5, 5.41) is 2.91. The molecule has 1 N–H and O–H groups in total. The molecule has 3 aliphatic rings. The molecule has 1 aromatic carbocycles. The van der Waals surface area contributed by atoms with E-state index in [1.165, 1.54) is 12.1 Å². The Morgan fingerprint density at radius 3 is 2.55 bits per heavy atom. The van der Waals surface area contributed by atoms with E-state index < -0.39 is 28.1 Å². The van der Waals surface area contributed by atoms with Gasteiger partial charge in [-0.2, -0.15) is 0 Å². The smallest absolute Gasteiger partial charge is 0.243 e. The van der Waals surface area contributed by atoms with Gasteiger partial charge in [0, 0.05) is 49.2 Å². The van der Waals surface area contributed by atoms with E-state index in [2.05, 4.69) is 15.3 Å². The van der Waals surface area contributed by atoms with Crippen LogP contribution < -0.4 is 5.32 Å². The van der Waals surface area contributed by atoms with E-state index >= 15 is 0 Å². The Morgan fingerprint density at radius 1 is 1.05 bits per heavy atom. The molecule has 7 nitrogen and oxygen atoms in total. The number of rotatable bonds is 4. The van der Waals surface area contributed by atoms with Gasteiger partial charge in [-0.3, -0.25) is 19.5 Å². The van der Waals surface area contributed by atoms with Crippen LogP contribution in [0.2, 0.25) is 0 Å². The predicted molar refractivity (Wildman–Crippen MR) is 147 cm³/mol. The van der Waals surface area contributed by atoms with Crippen molar-refractivity contribution in [2.45, 2.75) is 50.1 Å². The standard InChI is InChI=1S/C31H31F2N5O2/c1-29(2)28(40)38(30(3,18-37(29)4)21-12-22(32)14-23(33)13-21)10-6-7-19-11-20-15-31(16-25(20)35-17-19)24-8-5-9-34-26(24)36-27(31)39/h5-9,11-14,17H,10,15-16,18H2,1-4H3,(H,34,36,39)/b7-6+/t30-,31-/m0/s1/i4-1. The van der Waals surface area contributed by atoms with Crippen LogP contribution in [-0.4, -0.2) is 57.3 Å². The average molecular weight is 543 g/mol. The van der Waals surface area contributed by atoms with E-state index in [0.717, 1.165) is 28.5 Å². The molecule has 1 spiro atoms. The molecule has 0 bridgehead atoms. The van der Waals surface area contributed by atoms with E-state index in [1.54, 1.807) is 17.3 Å². The second kappa shape index (κ2) is 9.02. The van der Waals surface area contributed by atoms with Gasteiger partial charge in [0.25, 0.3) is 0 Å². The number of fused-ring (bicyclic) bond motifs is 3. The molecule has 2 atom stereocenters. The van der Waals surface area contributed by atoms with Gasteiger partial charge >= 0.3 is 0 Å². The van der Waals surface area contributed by atoms with Crippen molar-refractivity contribution in [3.05, 3.63) is 94.5 Å². The molecule has 0 radical (unpaired) electrons. The van der Waals surface area contributed by atoms with Crippen LogP contribution in [0.25, 0.3) is 6.08 Å². The first-order valence-electron chi connectivity index (χ1n) is 13.4. The molecule has 6 rings (SSSR count). The largest absolute Gasteiger partial charge is 0.327 e. The SMILES string of the molecule is CC1(C)C(=O)N(C/C=C/c2cnc3c(c2)C[C@@]2(C3)C(=O)Nc3ncccc32)[C@](C)(c2cc(F)cc(F)c2)CN1[11CH3].